The van der Waals surface area contributed by atoms with Crippen molar-refractivity contribution < 1.29 is 9.53 Å². The molecule has 12 heavy (non-hydrogen) atoms. The number of hydrogen-bond donors (Lipinski definition) is 1. The van der Waals surface area contributed by atoms with E-state index in [1.165, 1.54) is 18.4 Å². The normalized spacial score (nSPS) is 9.58. The fourth-order valence-corrected chi connectivity index (χ4v) is 1.62. The summed E-state index contributed by atoms with van der Waals surface area (Å²) in [5.74, 6) is -0.327. The molecule has 0 spiro atoms. The van der Waals surface area contributed by atoms with Crippen molar-refractivity contribution >= 4 is 22.4 Å². The zero-order chi connectivity index (χ0) is 9.14. The number of aromatic nitrogens is 1. The van der Waals surface area contributed by atoms with E-state index in [4.69, 9.17) is 0 Å². The van der Waals surface area contributed by atoms with Crippen molar-refractivity contribution in [3.8, 4) is 0 Å². The van der Waals surface area contributed by atoms with Gasteiger partial charge in [0.1, 0.15) is 4.88 Å². The molecule has 0 fully saturated rings. The number of ether oxygens (including phenoxy) is 1. The third-order valence-electron chi connectivity index (χ3n) is 1.38. The lowest BCUT2D eigenvalue weighted by Gasteiger charge is -1.93. The van der Waals surface area contributed by atoms with Gasteiger partial charge in [-0.2, -0.15) is 0 Å². The summed E-state index contributed by atoms with van der Waals surface area (Å²) in [7, 11) is 3.12. The lowest BCUT2D eigenvalue weighted by molar-refractivity contribution is 0.0605. The number of aryl methyl sites for hydroxylation is 1. The number of methoxy groups -OCH3 is 1. The first-order valence-corrected chi connectivity index (χ1v) is 4.24. The molecule has 1 N–H and O–H groups in total. The molecular formula is C7H10N2O2S. The Morgan fingerprint density at radius 2 is 2.33 bits per heavy atom. The van der Waals surface area contributed by atoms with E-state index in [0.717, 1.165) is 5.13 Å². The maximum absolute atomic E-state index is 11.1. The molecule has 0 unspecified atom stereocenters. The fraction of sp³-hybridized carbons (Fsp3) is 0.429. The summed E-state index contributed by atoms with van der Waals surface area (Å²) in [4.78, 5) is 15.7. The van der Waals surface area contributed by atoms with Crippen LogP contribution >= 0.6 is 11.3 Å². The molecule has 0 bridgehead atoms. The molecule has 0 aliphatic heterocycles. The second-order valence-corrected chi connectivity index (χ2v) is 3.17. The molecule has 4 nitrogen and oxygen atoms in total. The predicted molar refractivity (Wildman–Crippen MR) is 47.7 cm³/mol. The number of anilines is 1. The van der Waals surface area contributed by atoms with E-state index in [1.54, 1.807) is 14.0 Å². The Balaban J connectivity index is 2.99. The van der Waals surface area contributed by atoms with Crippen molar-refractivity contribution in [2.75, 3.05) is 19.5 Å². The molecule has 0 aromatic carbocycles. The summed E-state index contributed by atoms with van der Waals surface area (Å²) in [6, 6.07) is 0. The summed E-state index contributed by atoms with van der Waals surface area (Å²) in [5.41, 5.74) is 0.705. The molecular weight excluding hydrogens is 176 g/mol. The first-order valence-electron chi connectivity index (χ1n) is 3.42. The number of carbonyl (C=O) groups excluding carboxylic acids is 1. The van der Waals surface area contributed by atoms with Crippen molar-refractivity contribution in [2.45, 2.75) is 6.92 Å². The van der Waals surface area contributed by atoms with Crippen LogP contribution in [0.15, 0.2) is 0 Å². The van der Waals surface area contributed by atoms with E-state index in [2.05, 4.69) is 15.0 Å². The predicted octanol–water partition coefficient (Wildman–Crippen LogP) is 1.28. The monoisotopic (exact) mass is 186 g/mol. The van der Waals surface area contributed by atoms with Gasteiger partial charge in [-0.3, -0.25) is 0 Å². The number of hydrogen-bond acceptors (Lipinski definition) is 5. The summed E-state index contributed by atoms with van der Waals surface area (Å²) >= 11 is 1.30. The van der Waals surface area contributed by atoms with Crippen LogP contribution in [-0.2, 0) is 4.74 Å². The standard InChI is InChI=1S/C7H10N2O2S/c1-4-5(6(10)11-3)12-7(8-2)9-4/h1-3H3,(H,8,9). The lowest BCUT2D eigenvalue weighted by atomic mass is 10.4. The Hall–Kier alpha value is -1.10. The van der Waals surface area contributed by atoms with Crippen molar-refractivity contribution in [1.82, 2.24) is 4.98 Å². The van der Waals surface area contributed by atoms with Gasteiger partial charge in [-0.15, -0.1) is 0 Å². The summed E-state index contributed by atoms with van der Waals surface area (Å²) in [6.07, 6.45) is 0. The average molecular weight is 186 g/mol. The first-order chi connectivity index (χ1) is 5.69. The minimum atomic E-state index is -0.327. The Morgan fingerprint density at radius 3 is 2.75 bits per heavy atom. The molecule has 0 atom stereocenters. The van der Waals surface area contributed by atoms with Gasteiger partial charge in [0, 0.05) is 7.05 Å². The van der Waals surface area contributed by atoms with Crippen molar-refractivity contribution in [3.63, 3.8) is 0 Å². The highest BCUT2D eigenvalue weighted by Crippen LogP contribution is 2.22. The van der Waals surface area contributed by atoms with Crippen LogP contribution in [0, 0.1) is 6.92 Å². The Kier molecular flexibility index (Phi) is 2.65. The van der Waals surface area contributed by atoms with Crippen LogP contribution in [0.4, 0.5) is 5.13 Å². The number of nitrogens with zero attached hydrogens (tertiary/aromatic N) is 1. The Morgan fingerprint density at radius 1 is 1.67 bits per heavy atom. The minimum Gasteiger partial charge on any atom is -0.465 e. The van der Waals surface area contributed by atoms with Crippen molar-refractivity contribution in [3.05, 3.63) is 10.6 Å². The summed E-state index contributed by atoms with van der Waals surface area (Å²) in [5, 5.41) is 3.60. The van der Waals surface area contributed by atoms with Crippen LogP contribution in [0.5, 0.6) is 0 Å². The highest BCUT2D eigenvalue weighted by Gasteiger charge is 2.14. The summed E-state index contributed by atoms with van der Waals surface area (Å²) in [6.45, 7) is 1.78. The van der Waals surface area contributed by atoms with Crippen molar-refractivity contribution in [1.29, 1.82) is 0 Å². The Labute approximate surface area is 74.6 Å². The number of rotatable bonds is 2. The molecule has 1 heterocycles. The maximum Gasteiger partial charge on any atom is 0.350 e. The second-order valence-electron chi connectivity index (χ2n) is 2.18. The topological polar surface area (TPSA) is 51.2 Å². The van der Waals surface area contributed by atoms with Gasteiger partial charge >= 0.3 is 5.97 Å². The van der Waals surface area contributed by atoms with Gasteiger partial charge in [0.05, 0.1) is 12.8 Å². The molecule has 1 aromatic rings. The quantitative estimate of drug-likeness (QED) is 0.707. The SMILES string of the molecule is CNc1nc(C)c(C(=O)OC)s1. The minimum absolute atomic E-state index is 0.327. The fourth-order valence-electron chi connectivity index (χ4n) is 0.785. The van der Waals surface area contributed by atoms with Crippen LogP contribution in [0.3, 0.4) is 0 Å². The molecule has 0 saturated heterocycles. The third kappa shape index (κ3) is 1.55. The third-order valence-corrected chi connectivity index (χ3v) is 2.54. The van der Waals surface area contributed by atoms with E-state index in [1.807, 2.05) is 0 Å². The highest BCUT2D eigenvalue weighted by molar-refractivity contribution is 7.17. The van der Waals surface area contributed by atoms with E-state index in [0.29, 0.717) is 10.6 Å². The van der Waals surface area contributed by atoms with E-state index < -0.39 is 0 Å². The van der Waals surface area contributed by atoms with Crippen LogP contribution in [0.2, 0.25) is 0 Å². The van der Waals surface area contributed by atoms with Gasteiger partial charge in [0.2, 0.25) is 0 Å². The molecule has 0 saturated carbocycles. The summed E-state index contributed by atoms with van der Waals surface area (Å²) < 4.78 is 4.58. The molecule has 1 rings (SSSR count). The van der Waals surface area contributed by atoms with Gasteiger partial charge in [-0.05, 0) is 6.92 Å². The van der Waals surface area contributed by atoms with Gasteiger partial charge < -0.3 is 10.1 Å². The molecule has 0 aliphatic rings. The number of carbonyl (C=O) groups is 1. The number of thiazole rings is 1. The zero-order valence-electron chi connectivity index (χ0n) is 7.17. The van der Waals surface area contributed by atoms with Crippen LogP contribution < -0.4 is 5.32 Å². The molecule has 5 heteroatoms. The van der Waals surface area contributed by atoms with Gasteiger partial charge in [0.25, 0.3) is 0 Å². The number of esters is 1. The van der Waals surface area contributed by atoms with Crippen LogP contribution in [0.25, 0.3) is 0 Å². The van der Waals surface area contributed by atoms with Crippen LogP contribution in [0.1, 0.15) is 15.4 Å². The number of nitrogens with one attached hydrogen (secondary N) is 1. The van der Waals surface area contributed by atoms with E-state index >= 15 is 0 Å². The van der Waals surface area contributed by atoms with E-state index in [-0.39, 0.29) is 5.97 Å². The first kappa shape index (κ1) is 8.99. The molecule has 1 aromatic heterocycles. The van der Waals surface area contributed by atoms with E-state index in [9.17, 15) is 4.79 Å². The van der Waals surface area contributed by atoms with Crippen LogP contribution in [-0.4, -0.2) is 25.1 Å². The largest absolute Gasteiger partial charge is 0.465 e. The molecule has 0 radical (unpaired) electrons. The molecule has 0 aliphatic carbocycles. The maximum atomic E-state index is 11.1. The average Bonchev–Trinajstić information content (AvgIpc) is 2.45. The van der Waals surface area contributed by atoms with Crippen molar-refractivity contribution in [2.24, 2.45) is 0 Å². The Bertz CT molecular complexity index is 296. The van der Waals surface area contributed by atoms with Gasteiger partial charge in [0.15, 0.2) is 5.13 Å². The lowest BCUT2D eigenvalue weighted by Crippen LogP contribution is -1.99. The molecule has 66 valence electrons. The smallest absolute Gasteiger partial charge is 0.350 e. The second kappa shape index (κ2) is 3.53. The highest BCUT2D eigenvalue weighted by atomic mass is 32.1. The van der Waals surface area contributed by atoms with Gasteiger partial charge in [-0.1, -0.05) is 11.3 Å². The van der Waals surface area contributed by atoms with Gasteiger partial charge in [-0.25, -0.2) is 9.78 Å². The molecule has 0 amide bonds. The zero-order valence-corrected chi connectivity index (χ0v) is 7.99.